The fraction of sp³-hybridized carbons (Fsp3) is 0.833. The maximum atomic E-state index is 11.5. The van der Waals surface area contributed by atoms with E-state index in [1.807, 2.05) is 0 Å². The Bertz CT molecular complexity index is 368. The molecule has 106 valence electrons. The highest BCUT2D eigenvalue weighted by molar-refractivity contribution is 7.86. The van der Waals surface area contributed by atoms with Crippen LogP contribution in [0.2, 0.25) is 0 Å². The van der Waals surface area contributed by atoms with E-state index in [1.54, 1.807) is 22.2 Å². The number of unbranched alkanes of at least 4 members (excludes halogenated alkanes) is 3. The van der Waals surface area contributed by atoms with Gasteiger partial charge < -0.3 is 9.80 Å². The van der Waals surface area contributed by atoms with Crippen LogP contribution < -0.4 is 0 Å². The van der Waals surface area contributed by atoms with Gasteiger partial charge in [-0.05, 0) is 12.8 Å². The first-order valence-electron chi connectivity index (χ1n) is 6.66. The fourth-order valence-electron chi connectivity index (χ4n) is 2.11. The summed E-state index contributed by atoms with van der Waals surface area (Å²) in [6, 6.07) is 0. The minimum Gasteiger partial charge on any atom is -0.342 e. The van der Waals surface area contributed by atoms with Gasteiger partial charge in [-0.3, -0.25) is 4.55 Å². The summed E-state index contributed by atoms with van der Waals surface area (Å²) in [6.45, 7) is 5.48. The molecule has 0 aromatic carbocycles. The van der Waals surface area contributed by atoms with Gasteiger partial charge in [0.2, 0.25) is 5.50 Å². The summed E-state index contributed by atoms with van der Waals surface area (Å²) >= 11 is 0. The molecule has 0 aromatic rings. The monoisotopic (exact) mass is 276 g/mol. The highest BCUT2D eigenvalue weighted by Gasteiger charge is 2.35. The van der Waals surface area contributed by atoms with Crippen molar-refractivity contribution in [2.45, 2.75) is 51.4 Å². The first-order chi connectivity index (χ1) is 8.50. The average molecular weight is 276 g/mol. The Balaban J connectivity index is 2.65. The predicted octanol–water partition coefficient (Wildman–Crippen LogP) is 2.24. The molecule has 0 radical (unpaired) electrons. The smallest absolute Gasteiger partial charge is 0.306 e. The van der Waals surface area contributed by atoms with Crippen molar-refractivity contribution in [2.24, 2.45) is 0 Å². The summed E-state index contributed by atoms with van der Waals surface area (Å²) in [7, 11) is -4.08. The van der Waals surface area contributed by atoms with Crippen LogP contribution in [0.5, 0.6) is 0 Å². The lowest BCUT2D eigenvalue weighted by molar-refractivity contribution is 0.204. The third-order valence-electron chi connectivity index (χ3n) is 3.07. The molecule has 0 spiro atoms. The Morgan fingerprint density at radius 3 is 1.94 bits per heavy atom. The van der Waals surface area contributed by atoms with E-state index >= 15 is 0 Å². The predicted molar refractivity (Wildman–Crippen MR) is 72.3 cm³/mol. The topological polar surface area (TPSA) is 60.9 Å². The molecule has 6 heteroatoms. The van der Waals surface area contributed by atoms with E-state index in [-0.39, 0.29) is 0 Å². The molecule has 1 aliphatic rings. The lowest BCUT2D eigenvalue weighted by Crippen LogP contribution is -2.45. The molecule has 0 fully saturated rings. The second kappa shape index (κ2) is 6.99. The Kier molecular flexibility index (Phi) is 5.95. The van der Waals surface area contributed by atoms with Crippen LogP contribution in [0.3, 0.4) is 0 Å². The zero-order chi connectivity index (χ0) is 13.6. The van der Waals surface area contributed by atoms with Gasteiger partial charge in [0.25, 0.3) is 0 Å². The quantitative estimate of drug-likeness (QED) is 0.544. The molecule has 1 rings (SSSR count). The van der Waals surface area contributed by atoms with Crippen molar-refractivity contribution in [1.29, 1.82) is 0 Å². The van der Waals surface area contributed by atoms with Gasteiger partial charge in [-0.25, -0.2) is 0 Å². The third kappa shape index (κ3) is 4.17. The van der Waals surface area contributed by atoms with Crippen molar-refractivity contribution in [3.63, 3.8) is 0 Å². The molecule has 0 saturated carbocycles. The van der Waals surface area contributed by atoms with Gasteiger partial charge >= 0.3 is 10.1 Å². The molecular formula is C12H24N2O3S. The van der Waals surface area contributed by atoms with Crippen LogP contribution in [-0.2, 0) is 10.1 Å². The highest BCUT2D eigenvalue weighted by atomic mass is 32.2. The first kappa shape index (κ1) is 15.3. The van der Waals surface area contributed by atoms with Gasteiger partial charge in [0.1, 0.15) is 0 Å². The first-order valence-corrected chi connectivity index (χ1v) is 8.17. The van der Waals surface area contributed by atoms with E-state index in [0.29, 0.717) is 13.1 Å². The van der Waals surface area contributed by atoms with E-state index in [2.05, 4.69) is 13.8 Å². The van der Waals surface area contributed by atoms with Crippen LogP contribution in [0.1, 0.15) is 46.0 Å². The Hall–Kier alpha value is -0.750. The second-order valence-corrected chi connectivity index (χ2v) is 6.13. The van der Waals surface area contributed by atoms with Crippen LogP contribution >= 0.6 is 0 Å². The molecule has 0 saturated heterocycles. The molecule has 5 nitrogen and oxygen atoms in total. The van der Waals surface area contributed by atoms with E-state index in [0.717, 1.165) is 32.1 Å². The summed E-state index contributed by atoms with van der Waals surface area (Å²) in [5.74, 6) is 0. The molecule has 1 atom stereocenters. The molecule has 1 aliphatic heterocycles. The summed E-state index contributed by atoms with van der Waals surface area (Å²) in [4.78, 5) is 3.41. The minimum absolute atomic E-state index is 0.654. The maximum Gasteiger partial charge on any atom is 0.306 e. The Labute approximate surface area is 110 Å². The molecule has 18 heavy (non-hydrogen) atoms. The average Bonchev–Trinajstić information content (AvgIpc) is 2.69. The Morgan fingerprint density at radius 2 is 1.50 bits per heavy atom. The van der Waals surface area contributed by atoms with Crippen molar-refractivity contribution in [1.82, 2.24) is 9.80 Å². The molecule has 1 unspecified atom stereocenters. The van der Waals surface area contributed by atoms with E-state index < -0.39 is 15.6 Å². The summed E-state index contributed by atoms with van der Waals surface area (Å²) in [5.41, 5.74) is -0.930. The van der Waals surface area contributed by atoms with Crippen LogP contribution in [0.4, 0.5) is 0 Å². The van der Waals surface area contributed by atoms with Crippen LogP contribution in [-0.4, -0.2) is 41.4 Å². The lowest BCUT2D eigenvalue weighted by atomic mass is 10.2. The number of hydrogen-bond donors (Lipinski definition) is 1. The van der Waals surface area contributed by atoms with Crippen LogP contribution in [0.25, 0.3) is 0 Å². The minimum atomic E-state index is -4.08. The van der Waals surface area contributed by atoms with Gasteiger partial charge in [0.05, 0.1) is 0 Å². The molecule has 0 amide bonds. The standard InChI is InChI=1S/C12H24N2O3S/c1-3-5-7-9-14-11-10-13(8-6-4-2)12(14)18(15,16)17/h10-12H,3-9H2,1-2H3,(H,15,16,17). The second-order valence-electron chi connectivity index (χ2n) is 4.68. The largest absolute Gasteiger partial charge is 0.342 e. The maximum absolute atomic E-state index is 11.5. The molecule has 0 aromatic heterocycles. The van der Waals surface area contributed by atoms with Gasteiger partial charge in [0.15, 0.2) is 0 Å². The van der Waals surface area contributed by atoms with Crippen LogP contribution in [0.15, 0.2) is 12.4 Å². The van der Waals surface area contributed by atoms with E-state index in [9.17, 15) is 13.0 Å². The normalized spacial score (nSPS) is 19.8. The van der Waals surface area contributed by atoms with Crippen LogP contribution in [0, 0.1) is 0 Å². The lowest BCUT2D eigenvalue weighted by Gasteiger charge is -2.30. The van der Waals surface area contributed by atoms with Crippen molar-refractivity contribution in [2.75, 3.05) is 13.1 Å². The zero-order valence-corrected chi connectivity index (χ0v) is 12.1. The summed E-state index contributed by atoms with van der Waals surface area (Å²) in [6.07, 6.45) is 8.54. The Morgan fingerprint density at radius 1 is 1.00 bits per heavy atom. The fourth-order valence-corrected chi connectivity index (χ4v) is 3.14. The molecular weight excluding hydrogens is 252 g/mol. The molecule has 1 heterocycles. The van der Waals surface area contributed by atoms with Crippen molar-refractivity contribution in [3.8, 4) is 0 Å². The molecule has 0 aliphatic carbocycles. The zero-order valence-electron chi connectivity index (χ0n) is 11.2. The highest BCUT2D eigenvalue weighted by Crippen LogP contribution is 2.21. The molecule has 0 bridgehead atoms. The van der Waals surface area contributed by atoms with E-state index in [1.165, 1.54) is 0 Å². The van der Waals surface area contributed by atoms with Crippen molar-refractivity contribution >= 4 is 10.1 Å². The van der Waals surface area contributed by atoms with Gasteiger partial charge in [0, 0.05) is 25.5 Å². The third-order valence-corrected chi connectivity index (χ3v) is 4.15. The number of nitrogens with zero attached hydrogens (tertiary/aromatic N) is 2. The SMILES string of the molecule is CCCCCN1C=CN(CCCC)C1S(=O)(=O)O. The van der Waals surface area contributed by atoms with Gasteiger partial charge in [-0.15, -0.1) is 0 Å². The number of hydrogen-bond acceptors (Lipinski definition) is 4. The van der Waals surface area contributed by atoms with Gasteiger partial charge in [-0.2, -0.15) is 8.42 Å². The van der Waals surface area contributed by atoms with Gasteiger partial charge in [-0.1, -0.05) is 33.1 Å². The van der Waals surface area contributed by atoms with E-state index in [4.69, 9.17) is 0 Å². The van der Waals surface area contributed by atoms with Crippen molar-refractivity contribution in [3.05, 3.63) is 12.4 Å². The number of rotatable bonds is 8. The summed E-state index contributed by atoms with van der Waals surface area (Å²) < 4.78 is 32.3. The summed E-state index contributed by atoms with van der Waals surface area (Å²) in [5, 5.41) is 0. The van der Waals surface area contributed by atoms with Crippen molar-refractivity contribution < 1.29 is 13.0 Å². The molecule has 1 N–H and O–H groups in total.